The van der Waals surface area contributed by atoms with Crippen LogP contribution in [0.4, 0.5) is 11.4 Å². The minimum absolute atomic E-state index is 0.0858. The molecule has 1 aromatic carbocycles. The number of benzene rings is 1. The summed E-state index contributed by atoms with van der Waals surface area (Å²) in [5.41, 5.74) is 8.33. The Morgan fingerprint density at radius 2 is 2.33 bits per heavy atom. The highest BCUT2D eigenvalue weighted by Gasteiger charge is 2.17. The zero-order chi connectivity index (χ0) is 10.8. The first-order valence-electron chi connectivity index (χ1n) is 5.05. The van der Waals surface area contributed by atoms with Crippen LogP contribution in [0.25, 0.3) is 0 Å². The molecule has 2 rings (SSSR count). The van der Waals surface area contributed by atoms with Crippen LogP contribution in [0.3, 0.4) is 0 Å². The van der Waals surface area contributed by atoms with Gasteiger partial charge in [-0.15, -0.1) is 0 Å². The highest BCUT2D eigenvalue weighted by Crippen LogP contribution is 2.32. The molecule has 0 bridgehead atoms. The van der Waals surface area contributed by atoms with Crippen molar-refractivity contribution in [1.29, 1.82) is 0 Å². The monoisotopic (exact) mass is 206 g/mol. The molecular weight excluding hydrogens is 192 g/mol. The Morgan fingerprint density at radius 1 is 1.53 bits per heavy atom. The van der Waals surface area contributed by atoms with Gasteiger partial charge in [-0.2, -0.15) is 0 Å². The van der Waals surface area contributed by atoms with Gasteiger partial charge >= 0.3 is 0 Å². The van der Waals surface area contributed by atoms with Gasteiger partial charge in [0.2, 0.25) is 0 Å². The normalized spacial score (nSPS) is 14.1. The smallest absolute Gasteiger partial charge is 0.262 e. The third-order valence-electron chi connectivity index (χ3n) is 2.39. The lowest BCUT2D eigenvalue weighted by Gasteiger charge is -2.19. The van der Waals surface area contributed by atoms with E-state index in [9.17, 15) is 4.79 Å². The summed E-state index contributed by atoms with van der Waals surface area (Å²) in [6.45, 7) is 2.18. The summed E-state index contributed by atoms with van der Waals surface area (Å²) < 4.78 is 5.31. The number of carbonyl (C=O) groups is 1. The van der Waals surface area contributed by atoms with Crippen molar-refractivity contribution in [3.63, 3.8) is 0 Å². The quantitative estimate of drug-likeness (QED) is 0.721. The second kappa shape index (κ2) is 3.81. The van der Waals surface area contributed by atoms with E-state index in [0.717, 1.165) is 18.4 Å². The van der Waals surface area contributed by atoms with Crippen LogP contribution in [-0.2, 0) is 11.2 Å². The Hall–Kier alpha value is -1.71. The predicted octanol–water partition coefficient (Wildman–Crippen LogP) is 1.55. The van der Waals surface area contributed by atoms with E-state index in [0.29, 0.717) is 17.1 Å². The van der Waals surface area contributed by atoms with Crippen LogP contribution in [0.1, 0.15) is 18.9 Å². The van der Waals surface area contributed by atoms with Crippen LogP contribution < -0.4 is 15.8 Å². The molecule has 15 heavy (non-hydrogen) atoms. The van der Waals surface area contributed by atoms with E-state index in [2.05, 4.69) is 12.2 Å². The van der Waals surface area contributed by atoms with Crippen molar-refractivity contribution < 1.29 is 9.53 Å². The molecule has 0 spiro atoms. The molecule has 0 aromatic heterocycles. The molecule has 4 heteroatoms. The largest absolute Gasteiger partial charge is 0.482 e. The van der Waals surface area contributed by atoms with Gasteiger partial charge in [0.05, 0.1) is 5.69 Å². The molecule has 0 fully saturated rings. The fourth-order valence-corrected chi connectivity index (χ4v) is 1.67. The van der Waals surface area contributed by atoms with Gasteiger partial charge in [-0.25, -0.2) is 0 Å². The highest BCUT2D eigenvalue weighted by atomic mass is 16.5. The molecule has 0 saturated heterocycles. The van der Waals surface area contributed by atoms with Gasteiger partial charge < -0.3 is 15.8 Å². The maximum Gasteiger partial charge on any atom is 0.262 e. The number of nitrogens with two attached hydrogens (primary N) is 1. The first-order valence-corrected chi connectivity index (χ1v) is 5.05. The van der Waals surface area contributed by atoms with Gasteiger partial charge in [0.25, 0.3) is 5.91 Å². The Balaban J connectivity index is 2.37. The molecule has 80 valence electrons. The van der Waals surface area contributed by atoms with E-state index in [1.54, 1.807) is 6.07 Å². The topological polar surface area (TPSA) is 64.3 Å². The third-order valence-corrected chi connectivity index (χ3v) is 2.39. The van der Waals surface area contributed by atoms with Crippen LogP contribution >= 0.6 is 0 Å². The molecule has 1 heterocycles. The van der Waals surface area contributed by atoms with Crippen molar-refractivity contribution in [2.75, 3.05) is 17.7 Å². The van der Waals surface area contributed by atoms with E-state index < -0.39 is 0 Å². The lowest BCUT2D eigenvalue weighted by Crippen LogP contribution is -2.25. The second-order valence-corrected chi connectivity index (χ2v) is 3.63. The molecule has 0 saturated carbocycles. The van der Waals surface area contributed by atoms with Crippen molar-refractivity contribution in [2.24, 2.45) is 0 Å². The standard InChI is InChI=1S/C11H14N2O2/c1-2-3-7-4-10-9(5-8(7)12)13-11(14)6-15-10/h4-5H,2-3,6,12H2,1H3,(H,13,14). The zero-order valence-electron chi connectivity index (χ0n) is 8.67. The van der Waals surface area contributed by atoms with Gasteiger partial charge in [-0.1, -0.05) is 13.3 Å². The summed E-state index contributed by atoms with van der Waals surface area (Å²) >= 11 is 0. The lowest BCUT2D eigenvalue weighted by atomic mass is 10.1. The van der Waals surface area contributed by atoms with Crippen LogP contribution in [0.15, 0.2) is 12.1 Å². The molecule has 3 N–H and O–H groups in total. The maximum atomic E-state index is 11.1. The van der Waals surface area contributed by atoms with Gasteiger partial charge in [-0.3, -0.25) is 4.79 Å². The number of carbonyl (C=O) groups excluding carboxylic acids is 1. The highest BCUT2D eigenvalue weighted by molar-refractivity contribution is 5.96. The number of aryl methyl sites for hydroxylation is 1. The van der Waals surface area contributed by atoms with E-state index in [4.69, 9.17) is 10.5 Å². The number of rotatable bonds is 2. The van der Waals surface area contributed by atoms with Crippen LogP contribution in [0.2, 0.25) is 0 Å². The second-order valence-electron chi connectivity index (χ2n) is 3.63. The number of anilines is 2. The van der Waals surface area contributed by atoms with Crippen molar-refractivity contribution in [3.8, 4) is 5.75 Å². The molecule has 1 aliphatic heterocycles. The van der Waals surface area contributed by atoms with E-state index in [1.807, 2.05) is 6.07 Å². The summed E-state index contributed by atoms with van der Waals surface area (Å²) in [6, 6.07) is 3.67. The number of nitrogen functional groups attached to an aromatic ring is 1. The number of ether oxygens (including phenoxy) is 1. The van der Waals surface area contributed by atoms with Crippen molar-refractivity contribution in [1.82, 2.24) is 0 Å². The average molecular weight is 206 g/mol. The van der Waals surface area contributed by atoms with Crippen molar-refractivity contribution in [2.45, 2.75) is 19.8 Å². The zero-order valence-corrected chi connectivity index (χ0v) is 8.67. The van der Waals surface area contributed by atoms with Gasteiger partial charge in [0.15, 0.2) is 6.61 Å². The van der Waals surface area contributed by atoms with Gasteiger partial charge in [-0.05, 0) is 24.1 Å². The van der Waals surface area contributed by atoms with Gasteiger partial charge in [0.1, 0.15) is 5.75 Å². The van der Waals surface area contributed by atoms with Gasteiger partial charge in [0, 0.05) is 5.69 Å². The first kappa shape index (κ1) is 9.83. The molecule has 0 radical (unpaired) electrons. The Kier molecular flexibility index (Phi) is 2.49. The molecule has 0 aliphatic carbocycles. The molecule has 1 aromatic rings. The molecular formula is C11H14N2O2. The summed E-state index contributed by atoms with van der Waals surface area (Å²) in [7, 11) is 0. The Bertz CT molecular complexity index is 402. The molecule has 0 unspecified atom stereocenters. The minimum Gasteiger partial charge on any atom is -0.482 e. The average Bonchev–Trinajstić information content (AvgIpc) is 2.20. The summed E-state index contributed by atoms with van der Waals surface area (Å²) in [5.74, 6) is 0.581. The molecule has 1 amide bonds. The molecule has 0 atom stereocenters. The van der Waals surface area contributed by atoms with E-state index in [-0.39, 0.29) is 12.5 Å². The Morgan fingerprint density at radius 3 is 3.07 bits per heavy atom. The third kappa shape index (κ3) is 1.88. The first-order chi connectivity index (χ1) is 7.20. The minimum atomic E-state index is -0.134. The number of amides is 1. The SMILES string of the molecule is CCCc1cc2c(cc1N)NC(=O)CO2. The van der Waals surface area contributed by atoms with Crippen LogP contribution in [0.5, 0.6) is 5.75 Å². The molecule has 4 nitrogen and oxygen atoms in total. The summed E-state index contributed by atoms with van der Waals surface area (Å²) in [4.78, 5) is 11.1. The summed E-state index contributed by atoms with van der Waals surface area (Å²) in [5, 5.41) is 2.73. The Labute approximate surface area is 88.4 Å². The number of hydrogen-bond acceptors (Lipinski definition) is 3. The van der Waals surface area contributed by atoms with Crippen molar-refractivity contribution >= 4 is 17.3 Å². The number of fused-ring (bicyclic) bond motifs is 1. The predicted molar refractivity (Wildman–Crippen MR) is 59.0 cm³/mol. The fourth-order valence-electron chi connectivity index (χ4n) is 1.67. The van der Waals surface area contributed by atoms with E-state index in [1.165, 1.54) is 0 Å². The number of hydrogen-bond donors (Lipinski definition) is 2. The van der Waals surface area contributed by atoms with Crippen LogP contribution in [0, 0.1) is 0 Å². The lowest BCUT2D eigenvalue weighted by molar-refractivity contribution is -0.118. The maximum absolute atomic E-state index is 11.1. The van der Waals surface area contributed by atoms with Crippen molar-refractivity contribution in [3.05, 3.63) is 17.7 Å². The van der Waals surface area contributed by atoms with E-state index >= 15 is 0 Å². The van der Waals surface area contributed by atoms with Crippen LogP contribution in [-0.4, -0.2) is 12.5 Å². The number of nitrogens with one attached hydrogen (secondary N) is 1. The molecule has 1 aliphatic rings. The fraction of sp³-hybridized carbons (Fsp3) is 0.364. The summed E-state index contributed by atoms with van der Waals surface area (Å²) in [6.07, 6.45) is 1.96.